The van der Waals surface area contributed by atoms with E-state index < -0.39 is 0 Å². The number of nitrogens with one attached hydrogen (secondary N) is 1. The molecular weight excluding hydrogens is 290 g/mol. The number of hydrogen-bond acceptors (Lipinski definition) is 4. The third kappa shape index (κ3) is 3.25. The van der Waals surface area contributed by atoms with Gasteiger partial charge in [-0.1, -0.05) is 11.6 Å². The second-order valence-corrected chi connectivity index (χ2v) is 6.78. The zero-order valence-corrected chi connectivity index (χ0v) is 14.1. The molecule has 0 amide bonds. The number of aryl methyl sites for hydroxylation is 2. The number of rotatable bonds is 4. The summed E-state index contributed by atoms with van der Waals surface area (Å²) in [5.74, 6) is 0. The third-order valence-electron chi connectivity index (χ3n) is 3.15. The average molecular weight is 310 g/mol. The van der Waals surface area contributed by atoms with Crippen LogP contribution >= 0.6 is 22.9 Å². The van der Waals surface area contributed by atoms with Gasteiger partial charge in [-0.05, 0) is 39.0 Å². The van der Waals surface area contributed by atoms with Gasteiger partial charge in [-0.25, -0.2) is 4.98 Å². The van der Waals surface area contributed by atoms with Crippen molar-refractivity contribution in [1.82, 2.24) is 4.98 Å². The predicted octanol–water partition coefficient (Wildman–Crippen LogP) is 4.65. The van der Waals surface area contributed by atoms with Crippen LogP contribution in [-0.2, 0) is 0 Å². The fraction of sp³-hybridized carbons (Fsp3) is 0.400. The molecule has 1 unspecified atom stereocenters. The Labute approximate surface area is 129 Å². The van der Waals surface area contributed by atoms with Crippen LogP contribution in [0.1, 0.15) is 28.5 Å². The number of benzene rings is 1. The van der Waals surface area contributed by atoms with Gasteiger partial charge in [0, 0.05) is 24.0 Å². The van der Waals surface area contributed by atoms with Crippen molar-refractivity contribution in [3.05, 3.63) is 38.8 Å². The van der Waals surface area contributed by atoms with Crippen LogP contribution in [0.2, 0.25) is 5.02 Å². The summed E-state index contributed by atoms with van der Waals surface area (Å²) < 4.78 is 0. The van der Waals surface area contributed by atoms with Gasteiger partial charge in [0.2, 0.25) is 0 Å². The molecule has 20 heavy (non-hydrogen) atoms. The molecule has 0 saturated carbocycles. The predicted molar refractivity (Wildman–Crippen MR) is 89.4 cm³/mol. The van der Waals surface area contributed by atoms with Crippen LogP contribution in [-0.4, -0.2) is 19.1 Å². The van der Waals surface area contributed by atoms with E-state index in [4.69, 9.17) is 11.6 Å². The maximum atomic E-state index is 6.12. The molecule has 1 atom stereocenters. The summed E-state index contributed by atoms with van der Waals surface area (Å²) in [6, 6.07) is 6.12. The molecule has 5 heteroatoms. The first-order chi connectivity index (χ1) is 9.38. The van der Waals surface area contributed by atoms with E-state index in [1.165, 1.54) is 4.88 Å². The van der Waals surface area contributed by atoms with Crippen molar-refractivity contribution in [3.8, 4) is 0 Å². The van der Waals surface area contributed by atoms with Crippen LogP contribution in [0.5, 0.6) is 0 Å². The van der Waals surface area contributed by atoms with Gasteiger partial charge in [0.15, 0.2) is 0 Å². The summed E-state index contributed by atoms with van der Waals surface area (Å²) >= 11 is 7.86. The molecular formula is C15H20ClN3S. The van der Waals surface area contributed by atoms with E-state index in [1.54, 1.807) is 11.3 Å². The van der Waals surface area contributed by atoms with Crippen molar-refractivity contribution >= 4 is 34.3 Å². The van der Waals surface area contributed by atoms with Crippen molar-refractivity contribution in [3.63, 3.8) is 0 Å². The highest BCUT2D eigenvalue weighted by atomic mass is 35.5. The molecule has 1 aromatic carbocycles. The summed E-state index contributed by atoms with van der Waals surface area (Å²) in [6.07, 6.45) is 0. The molecule has 1 heterocycles. The van der Waals surface area contributed by atoms with E-state index in [1.807, 2.05) is 39.2 Å². The lowest BCUT2D eigenvalue weighted by molar-refractivity contribution is 0.888. The SMILES string of the molecule is Cc1nc(C)c(C(C)Nc2cc(Cl)ccc2N(C)C)s1. The van der Waals surface area contributed by atoms with Crippen LogP contribution in [0.25, 0.3) is 0 Å². The number of halogens is 1. The van der Waals surface area contributed by atoms with Crippen molar-refractivity contribution < 1.29 is 0 Å². The lowest BCUT2D eigenvalue weighted by Crippen LogP contribution is -2.14. The lowest BCUT2D eigenvalue weighted by Gasteiger charge is -2.22. The van der Waals surface area contributed by atoms with E-state index in [0.717, 1.165) is 27.1 Å². The Morgan fingerprint density at radius 2 is 2.00 bits per heavy atom. The normalized spacial score (nSPS) is 12.3. The van der Waals surface area contributed by atoms with Gasteiger partial charge in [0.1, 0.15) is 0 Å². The third-order valence-corrected chi connectivity index (χ3v) is 4.64. The standard InChI is InChI=1S/C15H20ClN3S/c1-9-15(20-11(3)17-9)10(2)18-13-8-12(16)6-7-14(13)19(4)5/h6-8,10,18H,1-5H3. The Kier molecular flexibility index (Phi) is 4.55. The van der Waals surface area contributed by atoms with Crippen molar-refractivity contribution in [2.24, 2.45) is 0 Å². The number of thiazole rings is 1. The zero-order chi connectivity index (χ0) is 14.9. The van der Waals surface area contributed by atoms with E-state index >= 15 is 0 Å². The van der Waals surface area contributed by atoms with E-state index in [-0.39, 0.29) is 6.04 Å². The topological polar surface area (TPSA) is 28.2 Å². The number of hydrogen-bond donors (Lipinski definition) is 1. The first-order valence-electron chi connectivity index (χ1n) is 6.56. The largest absolute Gasteiger partial charge is 0.376 e. The van der Waals surface area contributed by atoms with Crippen LogP contribution in [0.15, 0.2) is 18.2 Å². The molecule has 2 aromatic rings. The Hall–Kier alpha value is -1.26. The smallest absolute Gasteiger partial charge is 0.0900 e. The Balaban J connectivity index is 2.29. The molecule has 2 rings (SSSR count). The maximum absolute atomic E-state index is 6.12. The van der Waals surface area contributed by atoms with Crippen LogP contribution in [0.3, 0.4) is 0 Å². The molecule has 1 N–H and O–H groups in total. The van der Waals surface area contributed by atoms with Crippen LogP contribution in [0.4, 0.5) is 11.4 Å². The van der Waals surface area contributed by atoms with Gasteiger partial charge in [-0.15, -0.1) is 11.3 Å². The highest BCUT2D eigenvalue weighted by Crippen LogP contribution is 2.33. The fourth-order valence-electron chi connectivity index (χ4n) is 2.26. The van der Waals surface area contributed by atoms with Gasteiger partial charge >= 0.3 is 0 Å². The van der Waals surface area contributed by atoms with Crippen LogP contribution < -0.4 is 10.2 Å². The number of aromatic nitrogens is 1. The quantitative estimate of drug-likeness (QED) is 0.891. The molecule has 0 aliphatic heterocycles. The molecule has 108 valence electrons. The monoisotopic (exact) mass is 309 g/mol. The van der Waals surface area contributed by atoms with Crippen molar-refractivity contribution in [2.75, 3.05) is 24.3 Å². The van der Waals surface area contributed by atoms with Crippen molar-refractivity contribution in [1.29, 1.82) is 0 Å². The molecule has 0 radical (unpaired) electrons. The molecule has 0 aliphatic carbocycles. The minimum Gasteiger partial charge on any atom is -0.376 e. The molecule has 1 aromatic heterocycles. The second kappa shape index (κ2) is 6.02. The second-order valence-electron chi connectivity index (χ2n) is 5.10. The minimum absolute atomic E-state index is 0.207. The van der Waals surface area contributed by atoms with E-state index in [2.05, 4.69) is 29.0 Å². The zero-order valence-electron chi connectivity index (χ0n) is 12.5. The van der Waals surface area contributed by atoms with E-state index in [0.29, 0.717) is 0 Å². The van der Waals surface area contributed by atoms with Crippen molar-refractivity contribution in [2.45, 2.75) is 26.8 Å². The highest BCUT2D eigenvalue weighted by molar-refractivity contribution is 7.11. The highest BCUT2D eigenvalue weighted by Gasteiger charge is 2.15. The summed E-state index contributed by atoms with van der Waals surface area (Å²) in [5.41, 5.74) is 3.27. The maximum Gasteiger partial charge on any atom is 0.0900 e. The summed E-state index contributed by atoms with van der Waals surface area (Å²) in [5, 5.41) is 5.39. The van der Waals surface area contributed by atoms with Gasteiger partial charge in [-0.3, -0.25) is 0 Å². The molecule has 0 bridgehead atoms. The summed E-state index contributed by atoms with van der Waals surface area (Å²) in [6.45, 7) is 6.25. The van der Waals surface area contributed by atoms with E-state index in [9.17, 15) is 0 Å². The minimum atomic E-state index is 0.207. The van der Waals surface area contributed by atoms with Gasteiger partial charge < -0.3 is 10.2 Å². The number of anilines is 2. The van der Waals surface area contributed by atoms with Gasteiger partial charge in [-0.2, -0.15) is 0 Å². The summed E-state index contributed by atoms with van der Waals surface area (Å²) in [4.78, 5) is 7.84. The van der Waals surface area contributed by atoms with Gasteiger partial charge in [0.25, 0.3) is 0 Å². The summed E-state index contributed by atoms with van der Waals surface area (Å²) in [7, 11) is 4.06. The van der Waals surface area contributed by atoms with Gasteiger partial charge in [0.05, 0.1) is 28.1 Å². The number of nitrogens with zero attached hydrogens (tertiary/aromatic N) is 2. The first kappa shape index (κ1) is 15.1. The Morgan fingerprint density at radius 3 is 2.55 bits per heavy atom. The Morgan fingerprint density at radius 1 is 1.30 bits per heavy atom. The lowest BCUT2D eigenvalue weighted by atomic mass is 10.2. The van der Waals surface area contributed by atoms with Crippen LogP contribution in [0, 0.1) is 13.8 Å². The molecule has 0 aliphatic rings. The molecule has 0 fully saturated rings. The molecule has 0 spiro atoms. The Bertz CT molecular complexity index is 607. The molecule has 3 nitrogen and oxygen atoms in total. The first-order valence-corrected chi connectivity index (χ1v) is 7.75. The molecule has 0 saturated heterocycles. The fourth-order valence-corrected chi connectivity index (χ4v) is 3.36. The average Bonchev–Trinajstić information content (AvgIpc) is 2.68.